The van der Waals surface area contributed by atoms with Gasteiger partial charge < -0.3 is 15.3 Å². The molecule has 2 fully saturated rings. The Balaban J connectivity index is 2.00. The lowest BCUT2D eigenvalue weighted by molar-refractivity contribution is -0.144. The predicted molar refractivity (Wildman–Crippen MR) is 71.1 cm³/mol. The number of hydrogen-bond donors (Lipinski definition) is 2. The molecule has 7 heteroatoms. The van der Waals surface area contributed by atoms with E-state index in [-0.39, 0.29) is 25.0 Å². The van der Waals surface area contributed by atoms with Crippen LogP contribution in [0.15, 0.2) is 0 Å². The lowest BCUT2D eigenvalue weighted by atomic mass is 10.1. The number of aliphatic carboxylic acids is 1. The number of nitrogens with zero attached hydrogens (tertiary/aromatic N) is 2. The first-order valence-electron chi connectivity index (χ1n) is 7.00. The summed E-state index contributed by atoms with van der Waals surface area (Å²) >= 11 is 0. The van der Waals surface area contributed by atoms with E-state index in [9.17, 15) is 14.4 Å². The molecule has 0 radical (unpaired) electrons. The zero-order valence-corrected chi connectivity index (χ0v) is 11.7. The number of carboxylic acid groups (broad SMARTS) is 1. The molecule has 1 saturated heterocycles. The third-order valence-electron chi connectivity index (χ3n) is 4.05. The lowest BCUT2D eigenvalue weighted by Gasteiger charge is -2.36. The SMILES string of the molecule is CN(CC1CCCC1)C(=O)N1CC(=O)NCC1C(=O)O. The van der Waals surface area contributed by atoms with Gasteiger partial charge in [-0.2, -0.15) is 0 Å². The van der Waals surface area contributed by atoms with Crippen molar-refractivity contribution in [3.63, 3.8) is 0 Å². The number of amides is 3. The molecule has 0 spiro atoms. The standard InChI is InChI=1S/C13H21N3O4/c1-15(7-9-4-2-3-5-9)13(20)16-8-11(17)14-6-10(16)12(18)19/h9-10H,2-8H2,1H3,(H,14,17)(H,18,19). The average molecular weight is 283 g/mol. The van der Waals surface area contributed by atoms with Crippen molar-refractivity contribution in [3.05, 3.63) is 0 Å². The maximum Gasteiger partial charge on any atom is 0.328 e. The Morgan fingerprint density at radius 1 is 1.40 bits per heavy atom. The number of nitrogens with one attached hydrogen (secondary N) is 1. The number of carboxylic acids is 1. The molecule has 3 amide bonds. The van der Waals surface area contributed by atoms with Crippen molar-refractivity contribution in [2.24, 2.45) is 5.92 Å². The smallest absolute Gasteiger partial charge is 0.328 e. The minimum Gasteiger partial charge on any atom is -0.480 e. The van der Waals surface area contributed by atoms with E-state index in [1.807, 2.05) is 0 Å². The fraction of sp³-hybridized carbons (Fsp3) is 0.769. The quantitative estimate of drug-likeness (QED) is 0.769. The van der Waals surface area contributed by atoms with E-state index in [2.05, 4.69) is 5.32 Å². The Hall–Kier alpha value is -1.79. The van der Waals surface area contributed by atoms with Gasteiger partial charge in [-0.25, -0.2) is 9.59 Å². The zero-order valence-electron chi connectivity index (χ0n) is 11.7. The average Bonchev–Trinajstić information content (AvgIpc) is 2.90. The molecule has 2 N–H and O–H groups in total. The minimum absolute atomic E-state index is 0.0306. The summed E-state index contributed by atoms with van der Waals surface area (Å²) in [4.78, 5) is 37.6. The molecule has 1 atom stereocenters. The van der Waals surface area contributed by atoms with Crippen LogP contribution >= 0.6 is 0 Å². The molecule has 0 aromatic rings. The van der Waals surface area contributed by atoms with Gasteiger partial charge in [0.25, 0.3) is 0 Å². The summed E-state index contributed by atoms with van der Waals surface area (Å²) in [6, 6.07) is -1.36. The zero-order chi connectivity index (χ0) is 14.7. The summed E-state index contributed by atoms with van der Waals surface area (Å²) in [7, 11) is 1.67. The van der Waals surface area contributed by atoms with Crippen LogP contribution in [0.2, 0.25) is 0 Å². The molecule has 2 aliphatic rings. The largest absolute Gasteiger partial charge is 0.480 e. The topological polar surface area (TPSA) is 90.0 Å². The molecule has 1 heterocycles. The highest BCUT2D eigenvalue weighted by Gasteiger charge is 2.36. The highest BCUT2D eigenvalue weighted by molar-refractivity contribution is 5.90. The van der Waals surface area contributed by atoms with Crippen molar-refractivity contribution in [2.75, 3.05) is 26.7 Å². The van der Waals surface area contributed by atoms with Crippen LogP contribution in [0.25, 0.3) is 0 Å². The summed E-state index contributed by atoms with van der Waals surface area (Å²) in [5, 5.41) is 11.6. The molecule has 1 unspecified atom stereocenters. The first kappa shape index (κ1) is 14.6. The van der Waals surface area contributed by atoms with Crippen LogP contribution in [0.3, 0.4) is 0 Å². The maximum absolute atomic E-state index is 12.4. The van der Waals surface area contributed by atoms with Gasteiger partial charge in [0.05, 0.1) is 0 Å². The second kappa shape index (κ2) is 6.11. The Bertz CT molecular complexity index is 406. The molecule has 1 saturated carbocycles. The second-order valence-corrected chi connectivity index (χ2v) is 5.60. The summed E-state index contributed by atoms with van der Waals surface area (Å²) < 4.78 is 0. The fourth-order valence-electron chi connectivity index (χ4n) is 2.94. The fourth-order valence-corrected chi connectivity index (χ4v) is 2.94. The normalized spacial score (nSPS) is 23.6. The minimum atomic E-state index is -1.09. The molecule has 1 aliphatic carbocycles. The summed E-state index contributed by atoms with van der Waals surface area (Å²) in [6.07, 6.45) is 4.61. The van der Waals surface area contributed by atoms with E-state index in [1.54, 1.807) is 11.9 Å². The van der Waals surface area contributed by atoms with Crippen molar-refractivity contribution in [2.45, 2.75) is 31.7 Å². The van der Waals surface area contributed by atoms with Crippen LogP contribution in [0.4, 0.5) is 4.79 Å². The van der Waals surface area contributed by atoms with Crippen molar-refractivity contribution in [1.29, 1.82) is 0 Å². The molecule has 1 aliphatic heterocycles. The van der Waals surface area contributed by atoms with Gasteiger partial charge in [0, 0.05) is 20.1 Å². The van der Waals surface area contributed by atoms with Crippen molar-refractivity contribution < 1.29 is 19.5 Å². The van der Waals surface area contributed by atoms with Crippen LogP contribution in [-0.4, -0.2) is 65.5 Å². The molecule has 112 valence electrons. The number of piperazine rings is 1. The van der Waals surface area contributed by atoms with E-state index >= 15 is 0 Å². The van der Waals surface area contributed by atoms with Gasteiger partial charge in [0.1, 0.15) is 12.6 Å². The maximum atomic E-state index is 12.4. The molecule has 7 nitrogen and oxygen atoms in total. The highest BCUT2D eigenvalue weighted by Crippen LogP contribution is 2.25. The molecule has 0 bridgehead atoms. The lowest BCUT2D eigenvalue weighted by Crippen LogP contribution is -2.61. The summed E-state index contributed by atoms with van der Waals surface area (Å²) in [5.74, 6) is -0.913. The van der Waals surface area contributed by atoms with Gasteiger partial charge >= 0.3 is 12.0 Å². The number of carbonyl (C=O) groups is 3. The summed E-state index contributed by atoms with van der Waals surface area (Å²) in [6.45, 7) is 0.408. The van der Waals surface area contributed by atoms with Gasteiger partial charge in [-0.05, 0) is 18.8 Å². The second-order valence-electron chi connectivity index (χ2n) is 5.60. The number of hydrogen-bond acceptors (Lipinski definition) is 3. The highest BCUT2D eigenvalue weighted by atomic mass is 16.4. The third-order valence-corrected chi connectivity index (χ3v) is 4.05. The predicted octanol–water partition coefficient (Wildman–Crippen LogP) is 0.113. The number of rotatable bonds is 3. The van der Waals surface area contributed by atoms with E-state index in [4.69, 9.17) is 5.11 Å². The van der Waals surface area contributed by atoms with Crippen molar-refractivity contribution in [3.8, 4) is 0 Å². The Morgan fingerprint density at radius 2 is 2.05 bits per heavy atom. The van der Waals surface area contributed by atoms with Crippen LogP contribution in [-0.2, 0) is 9.59 Å². The van der Waals surface area contributed by atoms with Gasteiger partial charge in [-0.15, -0.1) is 0 Å². The van der Waals surface area contributed by atoms with Crippen LogP contribution in [0, 0.1) is 5.92 Å². The molecular formula is C13H21N3O4. The molecule has 0 aromatic heterocycles. The molecule has 2 rings (SSSR count). The molecular weight excluding hydrogens is 262 g/mol. The monoisotopic (exact) mass is 283 g/mol. The van der Waals surface area contributed by atoms with Crippen molar-refractivity contribution in [1.82, 2.24) is 15.1 Å². The van der Waals surface area contributed by atoms with Crippen LogP contribution in [0.5, 0.6) is 0 Å². The number of urea groups is 1. The first-order chi connectivity index (χ1) is 9.49. The van der Waals surface area contributed by atoms with Crippen LogP contribution in [0.1, 0.15) is 25.7 Å². The first-order valence-corrected chi connectivity index (χ1v) is 7.00. The number of carbonyl (C=O) groups excluding carboxylic acids is 2. The molecule has 0 aromatic carbocycles. The van der Waals surface area contributed by atoms with E-state index in [1.165, 1.54) is 12.8 Å². The van der Waals surface area contributed by atoms with Gasteiger partial charge in [-0.3, -0.25) is 9.69 Å². The molecule has 20 heavy (non-hydrogen) atoms. The van der Waals surface area contributed by atoms with Gasteiger partial charge in [0.2, 0.25) is 5.91 Å². The Kier molecular flexibility index (Phi) is 4.46. The van der Waals surface area contributed by atoms with Gasteiger partial charge in [0.15, 0.2) is 0 Å². The van der Waals surface area contributed by atoms with E-state index in [0.29, 0.717) is 12.5 Å². The van der Waals surface area contributed by atoms with Crippen LogP contribution < -0.4 is 5.32 Å². The van der Waals surface area contributed by atoms with Crippen molar-refractivity contribution >= 4 is 17.9 Å². The van der Waals surface area contributed by atoms with E-state index in [0.717, 1.165) is 17.7 Å². The summed E-state index contributed by atoms with van der Waals surface area (Å²) in [5.41, 5.74) is 0. The van der Waals surface area contributed by atoms with Gasteiger partial charge in [-0.1, -0.05) is 12.8 Å². The Labute approximate surface area is 117 Å². The third kappa shape index (κ3) is 3.20. The van der Waals surface area contributed by atoms with E-state index < -0.39 is 12.0 Å². The Morgan fingerprint density at radius 3 is 2.65 bits per heavy atom.